The molecule has 39 nitrogen and oxygen atoms in total. The summed E-state index contributed by atoms with van der Waals surface area (Å²) in [5.74, 6) is -23.3. The number of aliphatic hydroxyl groups is 2. The van der Waals surface area contributed by atoms with Gasteiger partial charge in [-0.2, -0.15) is 65.9 Å². The van der Waals surface area contributed by atoms with Crippen molar-refractivity contribution in [1.82, 2.24) is 58.5 Å². The fourth-order valence-corrected chi connectivity index (χ4v) is 8.98. The Morgan fingerprint density at radius 2 is 0.782 bits per heavy atom. The van der Waals surface area contributed by atoms with Crippen LogP contribution in [0.2, 0.25) is 0 Å². The predicted molar refractivity (Wildman–Crippen MR) is 380 cm³/mol. The van der Waals surface area contributed by atoms with Crippen LogP contribution in [0.4, 0.5) is 65.9 Å². The van der Waals surface area contributed by atoms with Crippen LogP contribution in [0, 0.1) is 11.8 Å². The number of nitrogens with two attached hydrogens (primary N) is 5. The number of nitrogens with one attached hydrogen (secondary N) is 11. The van der Waals surface area contributed by atoms with Crippen molar-refractivity contribution in [2.45, 2.75) is 222 Å². The van der Waals surface area contributed by atoms with Crippen LogP contribution in [-0.2, 0) is 83.1 Å². The van der Waals surface area contributed by atoms with Gasteiger partial charge in [0, 0.05) is 19.4 Å². The molecule has 684 valence electrons. The summed E-state index contributed by atoms with van der Waals surface area (Å²) in [4.78, 5) is 198. The number of hydrogen-bond acceptors (Lipinski definition) is 23. The minimum absolute atomic E-state index is 0.0181. The summed E-state index contributed by atoms with van der Waals surface area (Å²) in [7, 11) is 0. The van der Waals surface area contributed by atoms with Gasteiger partial charge in [-0.1, -0.05) is 70.9 Å². The van der Waals surface area contributed by atoms with Crippen molar-refractivity contribution in [2.75, 3.05) is 39.3 Å². The second-order valence-corrected chi connectivity index (χ2v) is 25.9. The molecule has 1 aromatic carbocycles. The number of alkyl halides is 15. The summed E-state index contributed by atoms with van der Waals surface area (Å²) in [6.07, 6.45) is -27.5. The first kappa shape index (κ1) is 115. The molecule has 0 saturated carbocycles. The van der Waals surface area contributed by atoms with Crippen LogP contribution in [0.5, 0.6) is 0 Å². The number of amides is 11. The lowest BCUT2D eigenvalue weighted by molar-refractivity contribution is -0.193. The highest BCUT2D eigenvalue weighted by Crippen LogP contribution is 2.18. The van der Waals surface area contributed by atoms with E-state index in [0.29, 0.717) is 17.9 Å². The van der Waals surface area contributed by atoms with Gasteiger partial charge in [0.1, 0.15) is 60.4 Å². The van der Waals surface area contributed by atoms with Crippen molar-refractivity contribution in [1.29, 1.82) is 0 Å². The number of aliphatic hydroxyl groups excluding tert-OH is 2. The minimum atomic E-state index is -5.08. The van der Waals surface area contributed by atoms with E-state index < -0.39 is 211 Å². The summed E-state index contributed by atoms with van der Waals surface area (Å²) in [5.41, 5.74) is 29.9. The van der Waals surface area contributed by atoms with E-state index in [9.17, 15) is 129 Å². The molecular formula is C65H101F15N16O23. The lowest BCUT2D eigenvalue weighted by Crippen LogP contribution is -2.62. The van der Waals surface area contributed by atoms with E-state index in [1.807, 2.05) is 0 Å². The third kappa shape index (κ3) is 52.1. The Morgan fingerprint density at radius 1 is 0.429 bits per heavy atom. The van der Waals surface area contributed by atoms with Crippen LogP contribution in [0.15, 0.2) is 30.3 Å². The number of halogens is 15. The number of unbranched alkanes of at least 4 members (excludes halogenated alkanes) is 1. The Kier molecular flexibility index (Phi) is 54.7. The molecule has 1 heterocycles. The molecule has 1 aromatic rings. The molecule has 0 bridgehead atoms. The van der Waals surface area contributed by atoms with Crippen molar-refractivity contribution in [2.24, 2.45) is 40.5 Å². The Bertz CT molecular complexity index is 3260. The van der Waals surface area contributed by atoms with Crippen LogP contribution >= 0.6 is 0 Å². The monoisotopic (exact) mass is 1760 g/mol. The lowest BCUT2D eigenvalue weighted by atomic mass is 10.00. The number of rotatable bonds is 28. The molecule has 0 unspecified atom stereocenters. The average molecular weight is 1760 g/mol. The summed E-state index contributed by atoms with van der Waals surface area (Å²) in [6.45, 7) is 8.92. The fourth-order valence-electron chi connectivity index (χ4n) is 8.98. The molecule has 1 aliphatic rings. The van der Waals surface area contributed by atoms with Gasteiger partial charge < -0.3 is 123 Å². The standard InChI is InChI=1S/C55H96N16O13.5C2HF3O2/c1-30(2)12-10-11-15-43(74)62-35(16-22-56)50(79)71-45(33(6)73)55(84)67-38(19-25-59)47(76)66-40-21-27-61-54(83)44(32(5)72)70-51(80)39(20-26-60)64-46(75)36(17-23-57)65-52(81)41(28-31(3)4)68-53(82)42(29-34-13-8-7-9-14-34)69-48(77)37(18-24-58)63-49(40)78;5*3-2(4,5)1(6)7/h7-9,13-14,30-33,35-42,44-45,72-73H,10-12,15-29,56-60H2,1-6H3,(H,61,83)(H,62,74)(H,63,78)(H,64,75)(H,65,81)(H,66,76)(H,67,84)(H,68,82)(H,69,77)(H,70,80)(H,71,79);5*(H,6,7)/t32-,33-,35+,36+,37+,38+,39+,40+,41+,42-,44+,45+;;;;;/m1...../s1. The quantitative estimate of drug-likeness (QED) is 0.0305. The first-order chi connectivity index (χ1) is 54.5. The smallest absolute Gasteiger partial charge is 0.475 e. The van der Waals surface area contributed by atoms with Gasteiger partial charge in [-0.05, 0) is 115 Å². The Labute approximate surface area is 667 Å². The third-order valence-electron chi connectivity index (χ3n) is 14.9. The summed E-state index contributed by atoms with van der Waals surface area (Å²) >= 11 is 0. The molecule has 119 heavy (non-hydrogen) atoms. The Hall–Kier alpha value is -10.6. The van der Waals surface area contributed by atoms with Crippen molar-refractivity contribution < 1.29 is 178 Å². The van der Waals surface area contributed by atoms with Crippen LogP contribution < -0.4 is 87.2 Å². The number of carbonyl (C=O) groups excluding carboxylic acids is 11. The molecule has 12 atom stereocenters. The SMILES string of the molecule is CC(C)CCCCC(=O)N[C@@H](CCN)C(=O)N[C@H](C(=O)N[C@@H](CCN)C(=O)N[C@H]1CCNC(=O)[C@H]([C@@H](C)O)NC(=O)[C@H](CCN)NC(=O)[C@H](CCN)NC(=O)[C@H](CC(C)C)NC(=O)[C@@H](Cc2ccccc2)NC(=O)[C@H](CCN)NC1=O)[C@@H](C)O.O=C(O)C(F)(F)F.O=C(O)C(F)(F)F.O=C(O)C(F)(F)F.O=C(O)C(F)(F)F.O=C(O)C(F)(F)F. The highest BCUT2D eigenvalue weighted by atomic mass is 19.4. The number of carboxylic acids is 5. The van der Waals surface area contributed by atoms with Crippen molar-refractivity contribution in [3.8, 4) is 0 Å². The number of hydrogen-bond donors (Lipinski definition) is 23. The second-order valence-electron chi connectivity index (χ2n) is 25.9. The first-order valence-corrected chi connectivity index (χ1v) is 35.2. The molecule has 54 heteroatoms. The molecule has 1 aliphatic heterocycles. The van der Waals surface area contributed by atoms with Gasteiger partial charge >= 0.3 is 60.7 Å². The van der Waals surface area contributed by atoms with E-state index in [1.54, 1.807) is 44.2 Å². The zero-order chi connectivity index (χ0) is 93.4. The Morgan fingerprint density at radius 3 is 1.13 bits per heavy atom. The summed E-state index contributed by atoms with van der Waals surface area (Å²) in [6, 6.07) is -6.23. The molecule has 2 rings (SSSR count). The highest BCUT2D eigenvalue weighted by molar-refractivity contribution is 5.99. The normalized spacial score (nSPS) is 19.3. The molecule has 1 fully saturated rings. The maximum atomic E-state index is 14.5. The molecule has 11 amide bonds. The average Bonchev–Trinajstić information content (AvgIpc) is 1.27. The molecule has 28 N–H and O–H groups in total. The van der Waals surface area contributed by atoms with Crippen LogP contribution in [0.3, 0.4) is 0 Å². The molecule has 0 radical (unpaired) electrons. The lowest BCUT2D eigenvalue weighted by Gasteiger charge is -2.29. The number of carbonyl (C=O) groups is 16. The molecule has 0 spiro atoms. The molecular weight excluding hydrogens is 1660 g/mol. The van der Waals surface area contributed by atoms with Gasteiger partial charge in [-0.15, -0.1) is 0 Å². The van der Waals surface area contributed by atoms with E-state index in [1.165, 1.54) is 13.8 Å². The fraction of sp³-hybridized carbons (Fsp3) is 0.662. The largest absolute Gasteiger partial charge is 0.490 e. The van der Waals surface area contributed by atoms with Crippen molar-refractivity contribution in [3.05, 3.63) is 35.9 Å². The van der Waals surface area contributed by atoms with Crippen LogP contribution in [0.25, 0.3) is 0 Å². The number of benzene rings is 1. The van der Waals surface area contributed by atoms with E-state index in [-0.39, 0.29) is 90.0 Å². The Balaban J connectivity index is -0.00000155. The maximum absolute atomic E-state index is 14.5. The zero-order valence-electron chi connectivity index (χ0n) is 64.4. The van der Waals surface area contributed by atoms with Crippen molar-refractivity contribution in [3.63, 3.8) is 0 Å². The van der Waals surface area contributed by atoms with E-state index in [2.05, 4.69) is 72.3 Å². The van der Waals surface area contributed by atoms with Crippen LogP contribution in [-0.4, -0.2) is 273 Å². The third-order valence-corrected chi connectivity index (χ3v) is 14.9. The predicted octanol–water partition coefficient (Wildman–Crippen LogP) is -2.47. The van der Waals surface area contributed by atoms with E-state index in [0.717, 1.165) is 12.8 Å². The minimum Gasteiger partial charge on any atom is -0.475 e. The van der Waals surface area contributed by atoms with E-state index in [4.69, 9.17) is 78.2 Å². The van der Waals surface area contributed by atoms with Gasteiger partial charge in [0.2, 0.25) is 65.0 Å². The van der Waals surface area contributed by atoms with Crippen molar-refractivity contribution >= 4 is 94.8 Å². The highest BCUT2D eigenvalue weighted by Gasteiger charge is 2.43. The second kappa shape index (κ2) is 56.7. The number of aliphatic carboxylic acids is 5. The first-order valence-electron chi connectivity index (χ1n) is 35.2. The van der Waals surface area contributed by atoms with Crippen LogP contribution in [0.1, 0.15) is 118 Å². The molecule has 0 aliphatic carbocycles. The zero-order valence-corrected chi connectivity index (χ0v) is 64.4. The van der Waals surface area contributed by atoms with E-state index >= 15 is 0 Å². The molecule has 0 aromatic heterocycles. The summed E-state index contributed by atoms with van der Waals surface area (Å²) < 4.78 is 159. The van der Waals surface area contributed by atoms with Gasteiger partial charge in [0.25, 0.3) is 0 Å². The number of carboxylic acid groups (broad SMARTS) is 5. The van der Waals surface area contributed by atoms with Gasteiger partial charge in [-0.25, -0.2) is 24.0 Å². The summed E-state index contributed by atoms with van der Waals surface area (Å²) in [5, 5.41) is 85.2. The van der Waals surface area contributed by atoms with Gasteiger partial charge in [-0.3, -0.25) is 52.7 Å². The van der Waals surface area contributed by atoms with Gasteiger partial charge in [0.05, 0.1) is 12.2 Å². The van der Waals surface area contributed by atoms with Gasteiger partial charge in [0.15, 0.2) is 0 Å². The maximum Gasteiger partial charge on any atom is 0.490 e. The topological polar surface area (TPSA) is 677 Å². The molecule has 1 saturated heterocycles.